The second kappa shape index (κ2) is 7.27. The van der Waals surface area contributed by atoms with Crippen molar-refractivity contribution in [3.63, 3.8) is 0 Å². The van der Waals surface area contributed by atoms with E-state index in [1.54, 1.807) is 0 Å². The molecule has 0 saturated carbocycles. The van der Waals surface area contributed by atoms with Crippen LogP contribution < -0.4 is 10.6 Å². The number of amides is 2. The first-order valence-electron chi connectivity index (χ1n) is 7.11. The van der Waals surface area contributed by atoms with Crippen LogP contribution in [0.4, 0.5) is 14.9 Å². The van der Waals surface area contributed by atoms with Crippen LogP contribution in [-0.2, 0) is 6.42 Å². The number of aryl methyl sites for hydroxylation is 1. The van der Waals surface area contributed by atoms with Crippen molar-refractivity contribution < 1.29 is 9.18 Å². The number of rotatable bonds is 4. The van der Waals surface area contributed by atoms with Gasteiger partial charge >= 0.3 is 6.03 Å². The molecular weight excluding hydrogens is 303 g/mol. The van der Waals surface area contributed by atoms with Crippen LogP contribution in [0.1, 0.15) is 31.0 Å². The molecule has 0 aliphatic heterocycles. The number of benzene rings is 2. The van der Waals surface area contributed by atoms with Crippen LogP contribution in [0.5, 0.6) is 0 Å². The Kier molecular flexibility index (Phi) is 5.39. The number of anilines is 1. The second-order valence-electron chi connectivity index (χ2n) is 5.01. The van der Waals surface area contributed by atoms with Crippen molar-refractivity contribution in [3.8, 4) is 0 Å². The van der Waals surface area contributed by atoms with E-state index in [2.05, 4.69) is 17.6 Å². The van der Waals surface area contributed by atoms with Crippen LogP contribution in [0, 0.1) is 5.82 Å². The van der Waals surface area contributed by atoms with E-state index < -0.39 is 11.8 Å². The zero-order valence-electron chi connectivity index (χ0n) is 12.5. The molecule has 0 fully saturated rings. The molecule has 2 aromatic rings. The van der Waals surface area contributed by atoms with Gasteiger partial charge in [0.25, 0.3) is 0 Å². The molecule has 2 rings (SSSR count). The van der Waals surface area contributed by atoms with Crippen molar-refractivity contribution in [1.82, 2.24) is 5.32 Å². The summed E-state index contributed by atoms with van der Waals surface area (Å²) in [5, 5.41) is 5.37. The molecule has 0 spiro atoms. The number of halogens is 2. The molecule has 1 atom stereocenters. The Hall–Kier alpha value is -2.07. The van der Waals surface area contributed by atoms with Crippen LogP contribution in [0.3, 0.4) is 0 Å². The van der Waals surface area contributed by atoms with Crippen molar-refractivity contribution in [3.05, 3.63) is 64.4 Å². The third-order valence-corrected chi connectivity index (χ3v) is 3.75. The van der Waals surface area contributed by atoms with Crippen LogP contribution in [-0.4, -0.2) is 6.03 Å². The van der Waals surface area contributed by atoms with Gasteiger partial charge in [0.15, 0.2) is 0 Å². The van der Waals surface area contributed by atoms with E-state index >= 15 is 0 Å². The molecule has 0 radical (unpaired) electrons. The molecule has 0 bridgehead atoms. The van der Waals surface area contributed by atoms with Gasteiger partial charge in [-0.1, -0.05) is 48.9 Å². The number of carbonyl (C=O) groups is 1. The Morgan fingerprint density at radius 3 is 2.50 bits per heavy atom. The maximum atomic E-state index is 13.6. The smallest absolute Gasteiger partial charge is 0.319 e. The third-order valence-electron chi connectivity index (χ3n) is 3.44. The average molecular weight is 321 g/mol. The summed E-state index contributed by atoms with van der Waals surface area (Å²) in [6, 6.07) is 11.5. The molecule has 2 aromatic carbocycles. The molecule has 0 heterocycles. The lowest BCUT2D eigenvalue weighted by molar-refractivity contribution is 0.249. The topological polar surface area (TPSA) is 41.1 Å². The summed E-state index contributed by atoms with van der Waals surface area (Å²) in [5.41, 5.74) is 2.20. The standard InChI is InChI=1S/C17H18ClFN2O/c1-3-12-7-9-13(10-8-12)11(2)20-17(22)21-16-14(18)5-4-6-15(16)19/h4-11H,3H2,1-2H3,(H2,20,21,22). The zero-order valence-corrected chi connectivity index (χ0v) is 13.2. The fourth-order valence-corrected chi connectivity index (χ4v) is 2.30. The Bertz CT molecular complexity index is 638. The summed E-state index contributed by atoms with van der Waals surface area (Å²) in [7, 11) is 0. The van der Waals surface area contributed by atoms with Gasteiger partial charge in [0, 0.05) is 0 Å². The predicted molar refractivity (Wildman–Crippen MR) is 87.8 cm³/mol. The summed E-state index contributed by atoms with van der Waals surface area (Å²) in [4.78, 5) is 12.0. The van der Waals surface area contributed by atoms with Crippen molar-refractivity contribution >= 4 is 23.3 Å². The fraction of sp³-hybridized carbons (Fsp3) is 0.235. The quantitative estimate of drug-likeness (QED) is 0.824. The average Bonchev–Trinajstić information content (AvgIpc) is 2.51. The van der Waals surface area contributed by atoms with Gasteiger partial charge in [-0.3, -0.25) is 0 Å². The largest absolute Gasteiger partial charge is 0.331 e. The number of hydrogen-bond acceptors (Lipinski definition) is 1. The van der Waals surface area contributed by atoms with Gasteiger partial charge in [-0.2, -0.15) is 0 Å². The van der Waals surface area contributed by atoms with Gasteiger partial charge < -0.3 is 10.6 Å². The van der Waals surface area contributed by atoms with E-state index in [1.807, 2.05) is 31.2 Å². The Labute approximate surface area is 134 Å². The Balaban J connectivity index is 2.01. The van der Waals surface area contributed by atoms with Crippen LogP contribution in [0.15, 0.2) is 42.5 Å². The van der Waals surface area contributed by atoms with Gasteiger partial charge in [-0.05, 0) is 36.6 Å². The highest BCUT2D eigenvalue weighted by Crippen LogP contribution is 2.24. The van der Waals surface area contributed by atoms with Crippen LogP contribution in [0.25, 0.3) is 0 Å². The first-order valence-corrected chi connectivity index (χ1v) is 7.49. The van der Waals surface area contributed by atoms with E-state index in [0.29, 0.717) is 0 Å². The maximum Gasteiger partial charge on any atom is 0.319 e. The van der Waals surface area contributed by atoms with Gasteiger partial charge in [-0.25, -0.2) is 9.18 Å². The molecule has 2 N–H and O–H groups in total. The number of carbonyl (C=O) groups excluding carboxylic acids is 1. The highest BCUT2D eigenvalue weighted by molar-refractivity contribution is 6.33. The summed E-state index contributed by atoms with van der Waals surface area (Å²) < 4.78 is 13.6. The van der Waals surface area contributed by atoms with Gasteiger partial charge in [0.2, 0.25) is 0 Å². The number of nitrogens with one attached hydrogen (secondary N) is 2. The molecule has 0 saturated heterocycles. The Morgan fingerprint density at radius 1 is 1.23 bits per heavy atom. The van der Waals surface area contributed by atoms with E-state index in [1.165, 1.54) is 23.8 Å². The van der Waals surface area contributed by atoms with Crippen molar-refractivity contribution in [1.29, 1.82) is 0 Å². The van der Waals surface area contributed by atoms with Gasteiger partial charge in [0.05, 0.1) is 16.8 Å². The van der Waals surface area contributed by atoms with Crippen molar-refractivity contribution in [2.75, 3.05) is 5.32 Å². The number of hydrogen-bond donors (Lipinski definition) is 2. The summed E-state index contributed by atoms with van der Waals surface area (Å²) in [6.45, 7) is 3.95. The lowest BCUT2D eigenvalue weighted by atomic mass is 10.1. The summed E-state index contributed by atoms with van der Waals surface area (Å²) >= 11 is 5.88. The minimum atomic E-state index is -0.567. The summed E-state index contributed by atoms with van der Waals surface area (Å²) in [6.07, 6.45) is 0.967. The van der Waals surface area contributed by atoms with E-state index in [-0.39, 0.29) is 16.8 Å². The normalized spacial score (nSPS) is 11.8. The number of para-hydroxylation sites is 1. The monoisotopic (exact) mass is 320 g/mol. The van der Waals surface area contributed by atoms with Crippen molar-refractivity contribution in [2.24, 2.45) is 0 Å². The van der Waals surface area contributed by atoms with E-state index in [9.17, 15) is 9.18 Å². The fourth-order valence-electron chi connectivity index (χ4n) is 2.09. The predicted octanol–water partition coefficient (Wildman–Crippen LogP) is 4.92. The molecule has 0 aliphatic carbocycles. The molecule has 2 amide bonds. The second-order valence-corrected chi connectivity index (χ2v) is 5.42. The molecule has 1 unspecified atom stereocenters. The van der Waals surface area contributed by atoms with Gasteiger partial charge in [-0.15, -0.1) is 0 Å². The summed E-state index contributed by atoms with van der Waals surface area (Å²) in [5.74, 6) is -0.567. The third kappa shape index (κ3) is 3.98. The minimum absolute atomic E-state index is 0.0183. The van der Waals surface area contributed by atoms with Crippen LogP contribution in [0.2, 0.25) is 5.02 Å². The minimum Gasteiger partial charge on any atom is -0.331 e. The highest BCUT2D eigenvalue weighted by atomic mass is 35.5. The molecule has 0 aliphatic rings. The van der Waals surface area contributed by atoms with Crippen LogP contribution >= 0.6 is 11.6 Å². The first kappa shape index (κ1) is 16.3. The first-order chi connectivity index (χ1) is 10.5. The van der Waals surface area contributed by atoms with E-state index in [0.717, 1.165) is 12.0 Å². The SMILES string of the molecule is CCc1ccc(C(C)NC(=O)Nc2c(F)cccc2Cl)cc1. The molecule has 22 heavy (non-hydrogen) atoms. The lowest BCUT2D eigenvalue weighted by Gasteiger charge is -2.16. The van der Waals surface area contributed by atoms with E-state index in [4.69, 9.17) is 11.6 Å². The highest BCUT2D eigenvalue weighted by Gasteiger charge is 2.13. The lowest BCUT2D eigenvalue weighted by Crippen LogP contribution is -2.31. The maximum absolute atomic E-state index is 13.6. The molecule has 5 heteroatoms. The molecular formula is C17H18ClFN2O. The molecule has 0 aromatic heterocycles. The van der Waals surface area contributed by atoms with Crippen molar-refractivity contribution in [2.45, 2.75) is 26.3 Å². The molecule has 116 valence electrons. The zero-order chi connectivity index (χ0) is 16.1. The Morgan fingerprint density at radius 2 is 1.91 bits per heavy atom. The number of urea groups is 1. The van der Waals surface area contributed by atoms with Gasteiger partial charge in [0.1, 0.15) is 5.82 Å². The molecule has 3 nitrogen and oxygen atoms in total.